The lowest BCUT2D eigenvalue weighted by atomic mass is 10.0. The van der Waals surface area contributed by atoms with Crippen LogP contribution in [0.1, 0.15) is 41.6 Å². The number of piperidine rings is 1. The summed E-state index contributed by atoms with van der Waals surface area (Å²) < 4.78 is 1.88. The topological polar surface area (TPSA) is 81.2 Å². The van der Waals surface area contributed by atoms with E-state index in [1.54, 1.807) is 11.3 Å². The number of likely N-dealkylation sites (tertiary alicyclic amines) is 1. The smallest absolute Gasteiger partial charge is 0.262 e. The molecule has 0 spiro atoms. The predicted molar refractivity (Wildman–Crippen MR) is 96.6 cm³/mol. The van der Waals surface area contributed by atoms with E-state index in [0.717, 1.165) is 52.4 Å². The second-order valence-electron chi connectivity index (χ2n) is 6.59. The Morgan fingerprint density at radius 3 is 2.58 bits per heavy atom. The van der Waals surface area contributed by atoms with Crippen LogP contribution in [0, 0.1) is 20.8 Å². The van der Waals surface area contributed by atoms with E-state index >= 15 is 0 Å². The van der Waals surface area contributed by atoms with Crippen LogP contribution in [-0.4, -0.2) is 40.0 Å². The summed E-state index contributed by atoms with van der Waals surface area (Å²) in [4.78, 5) is 32.9. The van der Waals surface area contributed by atoms with Crippen LogP contribution in [-0.2, 0) is 4.79 Å². The van der Waals surface area contributed by atoms with E-state index in [9.17, 15) is 9.59 Å². The minimum atomic E-state index is -0.262. The maximum absolute atomic E-state index is 13.0. The Labute approximate surface area is 145 Å². The molecule has 0 saturated carbocycles. The Bertz CT molecular complexity index is 831. The van der Waals surface area contributed by atoms with Crippen molar-refractivity contribution in [3.8, 4) is 0 Å². The normalized spacial score (nSPS) is 16.8. The molecule has 1 fully saturated rings. The fraction of sp³-hybridized carbons (Fsp3) is 0.588. The third-order valence-electron chi connectivity index (χ3n) is 5.01. The average Bonchev–Trinajstić information content (AvgIpc) is 2.81. The van der Waals surface area contributed by atoms with Crippen LogP contribution in [0.2, 0.25) is 0 Å². The van der Waals surface area contributed by atoms with E-state index in [2.05, 4.69) is 9.88 Å². The van der Waals surface area contributed by atoms with Gasteiger partial charge in [-0.1, -0.05) is 0 Å². The number of aryl methyl sites for hydroxylation is 3. The second-order valence-corrected chi connectivity index (χ2v) is 7.79. The van der Waals surface area contributed by atoms with Crippen molar-refractivity contribution in [2.45, 2.75) is 46.1 Å². The Morgan fingerprint density at radius 1 is 1.29 bits per heavy atom. The summed E-state index contributed by atoms with van der Waals surface area (Å²) in [6, 6.07) is 0.179. The van der Waals surface area contributed by atoms with Crippen molar-refractivity contribution < 1.29 is 4.79 Å². The number of fused-ring (bicyclic) bond motifs is 1. The fourth-order valence-electron chi connectivity index (χ4n) is 3.51. The summed E-state index contributed by atoms with van der Waals surface area (Å²) in [6.07, 6.45) is 2.19. The van der Waals surface area contributed by atoms with Gasteiger partial charge in [-0.3, -0.25) is 14.2 Å². The maximum Gasteiger partial charge on any atom is 0.262 e. The molecule has 1 aliphatic rings. The first-order chi connectivity index (χ1) is 11.4. The summed E-state index contributed by atoms with van der Waals surface area (Å²) >= 11 is 1.60. The predicted octanol–water partition coefficient (Wildman–Crippen LogP) is 1.90. The Balaban J connectivity index is 1.84. The maximum atomic E-state index is 13.0. The van der Waals surface area contributed by atoms with Crippen molar-refractivity contribution >= 4 is 27.5 Å². The molecule has 1 aliphatic heterocycles. The van der Waals surface area contributed by atoms with Gasteiger partial charge in [0.25, 0.3) is 5.56 Å². The van der Waals surface area contributed by atoms with E-state index in [1.807, 2.05) is 25.3 Å². The van der Waals surface area contributed by atoms with Gasteiger partial charge in [-0.2, -0.15) is 0 Å². The first-order valence-corrected chi connectivity index (χ1v) is 9.19. The molecule has 24 heavy (non-hydrogen) atoms. The van der Waals surface area contributed by atoms with E-state index < -0.39 is 0 Å². The lowest BCUT2D eigenvalue weighted by Gasteiger charge is -2.33. The van der Waals surface area contributed by atoms with Crippen LogP contribution >= 0.6 is 11.3 Å². The fourth-order valence-corrected chi connectivity index (χ4v) is 4.57. The van der Waals surface area contributed by atoms with Crippen LogP contribution in [0.4, 0.5) is 0 Å². The summed E-state index contributed by atoms with van der Waals surface area (Å²) in [5, 5.41) is 0.777. The zero-order valence-electron chi connectivity index (χ0n) is 14.5. The molecule has 3 rings (SSSR count). The number of thiophene rings is 1. The highest BCUT2D eigenvalue weighted by Gasteiger charge is 2.24. The molecule has 7 heteroatoms. The number of primary amides is 1. The van der Waals surface area contributed by atoms with Gasteiger partial charge in [-0.25, -0.2) is 4.98 Å². The molecular weight excluding hydrogens is 324 g/mol. The van der Waals surface area contributed by atoms with Crippen LogP contribution in [0.5, 0.6) is 0 Å². The summed E-state index contributed by atoms with van der Waals surface area (Å²) in [6.45, 7) is 8.43. The SMILES string of the molecule is Cc1sc2nc(C)n(C3CCN(CCC(N)=O)CC3)c(=O)c2c1C. The van der Waals surface area contributed by atoms with Crippen molar-refractivity contribution in [2.75, 3.05) is 19.6 Å². The molecule has 0 atom stereocenters. The number of aromatic nitrogens is 2. The standard InChI is InChI=1S/C17H24N4O2S/c1-10-11(2)24-16-15(10)17(23)21(12(3)19-16)13-4-7-20(8-5-13)9-6-14(18)22/h13H,4-9H2,1-3H3,(H2,18,22). The van der Waals surface area contributed by atoms with E-state index in [-0.39, 0.29) is 17.5 Å². The zero-order chi connectivity index (χ0) is 17.4. The highest BCUT2D eigenvalue weighted by molar-refractivity contribution is 7.18. The number of nitrogens with zero attached hydrogens (tertiary/aromatic N) is 3. The Kier molecular flexibility index (Phi) is 4.73. The lowest BCUT2D eigenvalue weighted by molar-refractivity contribution is -0.118. The molecule has 0 aromatic carbocycles. The molecule has 130 valence electrons. The third kappa shape index (κ3) is 3.10. The first-order valence-electron chi connectivity index (χ1n) is 8.38. The van der Waals surface area contributed by atoms with Crippen molar-refractivity contribution in [3.63, 3.8) is 0 Å². The van der Waals surface area contributed by atoms with E-state index in [4.69, 9.17) is 5.73 Å². The molecule has 6 nitrogen and oxygen atoms in total. The minimum Gasteiger partial charge on any atom is -0.370 e. The molecule has 2 aromatic heterocycles. The van der Waals surface area contributed by atoms with Crippen molar-refractivity contribution in [3.05, 3.63) is 26.6 Å². The molecule has 2 aromatic rings. The van der Waals surface area contributed by atoms with Gasteiger partial charge < -0.3 is 10.6 Å². The van der Waals surface area contributed by atoms with Gasteiger partial charge in [-0.15, -0.1) is 11.3 Å². The van der Waals surface area contributed by atoms with Crippen LogP contribution in [0.25, 0.3) is 10.2 Å². The van der Waals surface area contributed by atoms with Gasteiger partial charge in [0.15, 0.2) is 0 Å². The summed E-state index contributed by atoms with van der Waals surface area (Å²) in [5.41, 5.74) is 6.37. The van der Waals surface area contributed by atoms with Gasteiger partial charge in [0, 0.05) is 37.0 Å². The monoisotopic (exact) mass is 348 g/mol. The molecule has 0 aliphatic carbocycles. The van der Waals surface area contributed by atoms with E-state index in [0.29, 0.717) is 13.0 Å². The van der Waals surface area contributed by atoms with Crippen molar-refractivity contribution in [1.29, 1.82) is 0 Å². The molecule has 1 amide bonds. The Hall–Kier alpha value is -1.73. The Morgan fingerprint density at radius 2 is 1.96 bits per heavy atom. The average molecular weight is 348 g/mol. The van der Waals surface area contributed by atoms with Crippen molar-refractivity contribution in [2.24, 2.45) is 5.73 Å². The number of hydrogen-bond donors (Lipinski definition) is 1. The largest absolute Gasteiger partial charge is 0.370 e. The lowest BCUT2D eigenvalue weighted by Crippen LogP contribution is -2.39. The van der Waals surface area contributed by atoms with Crippen LogP contribution < -0.4 is 11.3 Å². The van der Waals surface area contributed by atoms with Gasteiger partial charge in [0.2, 0.25) is 5.91 Å². The van der Waals surface area contributed by atoms with Crippen molar-refractivity contribution in [1.82, 2.24) is 14.5 Å². The quantitative estimate of drug-likeness (QED) is 0.915. The molecule has 2 N–H and O–H groups in total. The molecular formula is C17H24N4O2S. The number of hydrogen-bond acceptors (Lipinski definition) is 5. The van der Waals surface area contributed by atoms with Gasteiger partial charge >= 0.3 is 0 Å². The van der Waals surface area contributed by atoms with Crippen LogP contribution in [0.3, 0.4) is 0 Å². The minimum absolute atomic E-state index is 0.0925. The number of carbonyl (C=O) groups is 1. The second kappa shape index (κ2) is 6.64. The van der Waals surface area contributed by atoms with Gasteiger partial charge in [0.1, 0.15) is 10.7 Å². The first kappa shape index (κ1) is 17.1. The number of rotatable bonds is 4. The molecule has 1 saturated heterocycles. The number of nitrogens with two attached hydrogens (primary N) is 1. The van der Waals surface area contributed by atoms with Gasteiger partial charge in [0.05, 0.1) is 5.39 Å². The number of amides is 1. The molecule has 3 heterocycles. The van der Waals surface area contributed by atoms with Gasteiger partial charge in [-0.05, 0) is 39.2 Å². The highest BCUT2D eigenvalue weighted by atomic mass is 32.1. The zero-order valence-corrected chi connectivity index (χ0v) is 15.3. The third-order valence-corrected chi connectivity index (χ3v) is 6.11. The summed E-state index contributed by atoms with van der Waals surface area (Å²) in [5.74, 6) is 0.534. The summed E-state index contributed by atoms with van der Waals surface area (Å²) in [7, 11) is 0. The molecule has 0 bridgehead atoms. The number of carbonyl (C=O) groups excluding carboxylic acids is 1. The highest BCUT2D eigenvalue weighted by Crippen LogP contribution is 2.28. The van der Waals surface area contributed by atoms with Crippen LogP contribution in [0.15, 0.2) is 4.79 Å². The molecule has 0 radical (unpaired) electrons. The van der Waals surface area contributed by atoms with E-state index in [1.165, 1.54) is 0 Å². The molecule has 0 unspecified atom stereocenters.